The third-order valence-electron chi connectivity index (χ3n) is 14.0. The zero-order valence-electron chi connectivity index (χ0n) is 41.3. The lowest BCUT2D eigenvalue weighted by Gasteiger charge is -2.29. The summed E-state index contributed by atoms with van der Waals surface area (Å²) in [7, 11) is 0. The first-order valence-electron chi connectivity index (χ1n) is 25.0. The van der Waals surface area contributed by atoms with Gasteiger partial charge in [0.25, 0.3) is 0 Å². The maximum atomic E-state index is 5.09. The van der Waals surface area contributed by atoms with Crippen molar-refractivity contribution in [3.63, 3.8) is 0 Å². The van der Waals surface area contributed by atoms with Gasteiger partial charge in [0.1, 0.15) is 0 Å². The maximum absolute atomic E-state index is 5.09. The van der Waals surface area contributed by atoms with E-state index in [0.717, 1.165) is 62.6 Å². The van der Waals surface area contributed by atoms with Gasteiger partial charge in [0.05, 0.1) is 11.4 Å². The topological polar surface area (TPSA) is 19.4 Å². The van der Waals surface area contributed by atoms with E-state index >= 15 is 0 Å². The molecule has 344 valence electrons. The average Bonchev–Trinajstić information content (AvgIpc) is 3.64. The molecule has 1 aliphatic rings. The molecule has 0 amide bonds. The Morgan fingerprint density at radius 3 is 1.81 bits per heavy atom. The van der Waals surface area contributed by atoms with Gasteiger partial charge in [-0.15, -0.1) is 0 Å². The lowest BCUT2D eigenvalue weighted by molar-refractivity contribution is 0.660. The van der Waals surface area contributed by atoms with Gasteiger partial charge in [-0.25, -0.2) is 0 Å². The molecule has 0 fully saturated rings. The van der Waals surface area contributed by atoms with Gasteiger partial charge in [-0.2, -0.15) is 0 Å². The van der Waals surface area contributed by atoms with Crippen molar-refractivity contribution in [2.75, 3.05) is 9.80 Å². The average molecular weight is 908 g/mol. The van der Waals surface area contributed by atoms with E-state index in [1.165, 1.54) is 67.8 Å². The maximum Gasteiger partial charge on any atom is 0.0714 e. The molecule has 0 saturated carbocycles. The van der Waals surface area contributed by atoms with E-state index in [4.69, 9.17) is 4.98 Å². The third-order valence-corrected chi connectivity index (χ3v) is 14.0. The van der Waals surface area contributed by atoms with Crippen molar-refractivity contribution in [1.29, 1.82) is 0 Å². The second kappa shape index (κ2) is 19.9. The highest BCUT2D eigenvalue weighted by Gasteiger charge is 2.36. The highest BCUT2D eigenvalue weighted by Crippen LogP contribution is 2.52. The van der Waals surface area contributed by atoms with Crippen LogP contribution in [0.15, 0.2) is 225 Å². The summed E-state index contributed by atoms with van der Waals surface area (Å²) in [5, 5.41) is 7.06. The molecule has 11 rings (SSSR count). The van der Waals surface area contributed by atoms with Crippen LogP contribution in [0.2, 0.25) is 0 Å². The highest BCUT2D eigenvalue weighted by molar-refractivity contribution is 6.20. The zero-order chi connectivity index (χ0) is 48.2. The Bertz CT molecular complexity index is 3520. The van der Waals surface area contributed by atoms with Gasteiger partial charge < -0.3 is 9.80 Å². The monoisotopic (exact) mass is 907 g/mol. The minimum absolute atomic E-state index is 0.133. The van der Waals surface area contributed by atoms with Crippen molar-refractivity contribution in [1.82, 2.24) is 4.98 Å². The van der Waals surface area contributed by atoms with Crippen LogP contribution in [0.5, 0.6) is 0 Å². The van der Waals surface area contributed by atoms with E-state index in [0.29, 0.717) is 0 Å². The first-order valence-corrected chi connectivity index (χ1v) is 25.0. The van der Waals surface area contributed by atoms with Crippen molar-refractivity contribution in [2.24, 2.45) is 0 Å². The first kappa shape index (κ1) is 45.8. The molecule has 0 saturated heterocycles. The molecule has 3 nitrogen and oxygen atoms in total. The number of fused-ring (bicyclic) bond motifs is 6. The number of benzene rings is 9. The molecule has 1 heterocycles. The van der Waals surface area contributed by atoms with Crippen LogP contribution in [0.3, 0.4) is 0 Å². The molecule has 1 aromatic heterocycles. The van der Waals surface area contributed by atoms with Crippen molar-refractivity contribution < 1.29 is 0 Å². The van der Waals surface area contributed by atoms with E-state index < -0.39 is 0 Å². The predicted molar refractivity (Wildman–Crippen MR) is 303 cm³/mol. The quantitative estimate of drug-likeness (QED) is 0.0952. The number of hydrogen-bond donors (Lipinski definition) is 0. The Labute approximate surface area is 414 Å². The van der Waals surface area contributed by atoms with Crippen LogP contribution in [-0.2, 0) is 5.41 Å². The number of hydrogen-bond acceptors (Lipinski definition) is 3. The van der Waals surface area contributed by atoms with Gasteiger partial charge in [0.2, 0.25) is 0 Å². The molecule has 0 bridgehead atoms. The Balaban J connectivity index is 0.00000137. The van der Waals surface area contributed by atoms with Crippen LogP contribution < -0.4 is 9.80 Å². The number of pyridine rings is 1. The first-order chi connectivity index (χ1) is 34.3. The fraction of sp³-hybridized carbons (Fsp3) is 0.149. The molecule has 0 spiro atoms. The van der Waals surface area contributed by atoms with Crippen LogP contribution in [0.4, 0.5) is 34.1 Å². The van der Waals surface area contributed by atoms with Gasteiger partial charge in [0, 0.05) is 51.0 Å². The molecular weight excluding hydrogens is 847 g/mol. The van der Waals surface area contributed by atoms with E-state index in [-0.39, 0.29) is 5.41 Å². The van der Waals surface area contributed by atoms with Gasteiger partial charge in [-0.3, -0.25) is 4.98 Å². The summed E-state index contributed by atoms with van der Waals surface area (Å²) in [6.07, 6.45) is 12.2. The minimum atomic E-state index is -0.133. The number of aromatic nitrogens is 1. The lowest BCUT2D eigenvalue weighted by atomic mass is 9.82. The van der Waals surface area contributed by atoms with Crippen molar-refractivity contribution in [2.45, 2.75) is 66.2 Å². The fourth-order valence-corrected chi connectivity index (χ4v) is 10.4. The molecule has 9 aromatic carbocycles. The van der Waals surface area contributed by atoms with Crippen LogP contribution in [0.25, 0.3) is 60.3 Å². The summed E-state index contributed by atoms with van der Waals surface area (Å²) in [5.41, 5.74) is 16.3. The van der Waals surface area contributed by atoms with Crippen LogP contribution in [-0.4, -0.2) is 4.98 Å². The summed E-state index contributed by atoms with van der Waals surface area (Å²) in [4.78, 5) is 9.91. The molecule has 0 N–H and O–H groups in total. The van der Waals surface area contributed by atoms with E-state index in [9.17, 15) is 0 Å². The second-order valence-corrected chi connectivity index (χ2v) is 18.9. The minimum Gasteiger partial charge on any atom is -0.310 e. The lowest BCUT2D eigenvalue weighted by Crippen LogP contribution is -2.16. The van der Waals surface area contributed by atoms with Crippen LogP contribution >= 0.6 is 0 Å². The zero-order valence-corrected chi connectivity index (χ0v) is 41.3. The smallest absolute Gasteiger partial charge is 0.0714 e. The van der Waals surface area contributed by atoms with Crippen LogP contribution in [0.1, 0.15) is 77.5 Å². The molecule has 10 aromatic rings. The Hall–Kier alpha value is -8.01. The number of rotatable bonds is 11. The van der Waals surface area contributed by atoms with Crippen molar-refractivity contribution >= 4 is 72.0 Å². The fourth-order valence-electron chi connectivity index (χ4n) is 10.4. The Morgan fingerprint density at radius 1 is 0.486 bits per heavy atom. The number of unbranched alkanes of at least 4 members (excludes halogenated alkanes) is 1. The van der Waals surface area contributed by atoms with Gasteiger partial charge >= 0.3 is 0 Å². The van der Waals surface area contributed by atoms with E-state index in [1.807, 2.05) is 12.3 Å². The number of anilines is 6. The summed E-state index contributed by atoms with van der Waals surface area (Å²) in [6, 6.07) is 73.1. The highest BCUT2D eigenvalue weighted by atomic mass is 15.1. The molecule has 0 aliphatic heterocycles. The van der Waals surface area contributed by atoms with Gasteiger partial charge in [0.15, 0.2) is 0 Å². The Morgan fingerprint density at radius 2 is 1.09 bits per heavy atom. The van der Waals surface area contributed by atoms with Crippen molar-refractivity contribution in [3.8, 4) is 22.4 Å². The van der Waals surface area contributed by atoms with E-state index in [1.54, 1.807) is 0 Å². The SMILES string of the molecule is CC/C=C\C=C(/C)c1c2cc(N(c3ccccc3)c3cccc4ccccc34)ccc2c(-c2ccccn2)c2cc(N(c3ccccc3)c3ccc4c(c3)C(C)(C)c3ccccc3-4)ccc12.CCCC. The third kappa shape index (κ3) is 8.47. The summed E-state index contributed by atoms with van der Waals surface area (Å²) in [6.45, 7) is 13.5. The Kier molecular flexibility index (Phi) is 13.0. The molecule has 3 heteroatoms. The standard InChI is InChI=1S/C63H51N3.C4H10/c1-5-6-9-21-43(2)61-53-37-34-47(65(45-24-10-7-11-25-45)49-33-36-52-51-29-16-17-30-57(51)63(3,4)58(52)42-49)40-56(53)62(59-31-18-19-39-64-59)54-38-35-48(41-55(54)61)66(46-26-12-8-13-27-46)60-32-20-23-44-22-14-15-28-50(44)60;1-3-4-2/h6-42H,5H2,1-4H3;3-4H2,1-2H3/b9-6-,43-21+;. The summed E-state index contributed by atoms with van der Waals surface area (Å²) < 4.78 is 0. The molecule has 0 radical (unpaired) electrons. The molecular formula is C67H61N3. The number of para-hydroxylation sites is 2. The number of nitrogens with zero attached hydrogens (tertiary/aromatic N) is 3. The number of allylic oxidation sites excluding steroid dienone is 4. The predicted octanol–water partition coefficient (Wildman–Crippen LogP) is 19.6. The molecule has 0 unspecified atom stereocenters. The normalized spacial score (nSPS) is 12.7. The van der Waals surface area contributed by atoms with Gasteiger partial charge in [-0.1, -0.05) is 187 Å². The van der Waals surface area contributed by atoms with Crippen molar-refractivity contribution in [3.05, 3.63) is 241 Å². The molecule has 1 aliphatic carbocycles. The summed E-state index contributed by atoms with van der Waals surface area (Å²) >= 11 is 0. The van der Waals surface area contributed by atoms with E-state index in [2.05, 4.69) is 264 Å². The second-order valence-electron chi connectivity index (χ2n) is 18.9. The summed E-state index contributed by atoms with van der Waals surface area (Å²) in [5.74, 6) is 0. The van der Waals surface area contributed by atoms with Crippen LogP contribution in [0, 0.1) is 0 Å². The largest absolute Gasteiger partial charge is 0.310 e. The van der Waals surface area contributed by atoms with Gasteiger partial charge in [-0.05, 0) is 153 Å². The molecule has 70 heavy (non-hydrogen) atoms. The molecule has 0 atom stereocenters.